The highest BCUT2D eigenvalue weighted by atomic mass is 28.4. The van der Waals surface area contributed by atoms with Gasteiger partial charge in [-0.25, -0.2) is 0 Å². The van der Waals surface area contributed by atoms with Crippen LogP contribution in [0.3, 0.4) is 0 Å². The second-order valence-electron chi connectivity index (χ2n) is 8.69. The second kappa shape index (κ2) is 8.80. The third kappa shape index (κ3) is 5.27. The lowest BCUT2D eigenvalue weighted by atomic mass is 10.0. The van der Waals surface area contributed by atoms with E-state index in [0.29, 0.717) is 19.6 Å². The van der Waals surface area contributed by atoms with Crippen molar-refractivity contribution in [1.82, 2.24) is 5.32 Å². The lowest BCUT2D eigenvalue weighted by Gasteiger charge is -2.37. The minimum atomic E-state index is -1.86. The quantitative estimate of drug-likeness (QED) is 0.533. The van der Waals surface area contributed by atoms with Gasteiger partial charge in [0.1, 0.15) is 0 Å². The number of ether oxygens (including phenoxy) is 1. The molecule has 2 rings (SSSR count). The first-order valence-corrected chi connectivity index (χ1v) is 12.4. The molecule has 1 aliphatic heterocycles. The Bertz CT molecular complexity index is 570. The summed E-state index contributed by atoms with van der Waals surface area (Å²) in [4.78, 5) is 0. The molecule has 1 aromatic carbocycles. The molecule has 0 aromatic heterocycles. The topological polar surface area (TPSA) is 50.7 Å². The van der Waals surface area contributed by atoms with Crippen LogP contribution in [0, 0.1) is 0 Å². The Morgan fingerprint density at radius 2 is 1.88 bits per heavy atom. The normalized spacial score (nSPS) is 26.8. The largest absolute Gasteiger partial charge is 0.414 e. The highest BCUT2D eigenvalue weighted by molar-refractivity contribution is 6.74. The van der Waals surface area contributed by atoms with Gasteiger partial charge in [-0.3, -0.25) is 0 Å². The van der Waals surface area contributed by atoms with Gasteiger partial charge in [0.15, 0.2) is 8.32 Å². The number of hydrogen-bond donors (Lipinski definition) is 2. The van der Waals surface area contributed by atoms with Crippen molar-refractivity contribution in [2.24, 2.45) is 0 Å². The summed E-state index contributed by atoms with van der Waals surface area (Å²) in [5, 5.41) is 14.4. The van der Waals surface area contributed by atoms with Gasteiger partial charge in [-0.05, 0) is 30.1 Å². The minimum absolute atomic E-state index is 0.148. The molecule has 26 heavy (non-hydrogen) atoms. The van der Waals surface area contributed by atoms with Crippen LogP contribution in [0.25, 0.3) is 0 Å². The predicted octanol–water partition coefficient (Wildman–Crippen LogP) is 3.87. The number of benzene rings is 1. The van der Waals surface area contributed by atoms with E-state index in [0.717, 1.165) is 0 Å². The van der Waals surface area contributed by atoms with Crippen molar-refractivity contribution in [3.05, 3.63) is 48.6 Å². The maximum Gasteiger partial charge on any atom is 0.192 e. The van der Waals surface area contributed by atoms with Gasteiger partial charge in [0.05, 0.1) is 31.0 Å². The van der Waals surface area contributed by atoms with E-state index in [1.807, 2.05) is 18.2 Å². The molecule has 1 aliphatic rings. The molecule has 0 amide bonds. The zero-order valence-corrected chi connectivity index (χ0v) is 17.9. The first-order valence-electron chi connectivity index (χ1n) is 9.51. The summed E-state index contributed by atoms with van der Waals surface area (Å²) in [6.45, 7) is 16.2. The van der Waals surface area contributed by atoms with E-state index in [-0.39, 0.29) is 23.3 Å². The van der Waals surface area contributed by atoms with Crippen LogP contribution in [0.15, 0.2) is 43.0 Å². The molecule has 146 valence electrons. The highest BCUT2D eigenvalue weighted by Crippen LogP contribution is 2.37. The van der Waals surface area contributed by atoms with E-state index in [4.69, 9.17) is 9.16 Å². The van der Waals surface area contributed by atoms with Gasteiger partial charge in [-0.2, -0.15) is 0 Å². The summed E-state index contributed by atoms with van der Waals surface area (Å²) in [5.74, 6) is 0. The SMILES string of the molecule is C=CC[C@@H]1O[C@H](CO[Si](C)(C)C(C)(C)C)[C@@H](NCc2ccccc2)[C@H]1O. The molecule has 4 nitrogen and oxygen atoms in total. The van der Waals surface area contributed by atoms with Crippen LogP contribution in [-0.4, -0.2) is 44.4 Å². The second-order valence-corrected chi connectivity index (χ2v) is 13.5. The van der Waals surface area contributed by atoms with Crippen molar-refractivity contribution in [2.45, 2.75) is 76.2 Å². The van der Waals surface area contributed by atoms with Crippen LogP contribution in [-0.2, 0) is 15.7 Å². The molecule has 5 heteroatoms. The van der Waals surface area contributed by atoms with Crippen LogP contribution in [0.1, 0.15) is 32.8 Å². The third-order valence-electron chi connectivity index (χ3n) is 5.70. The van der Waals surface area contributed by atoms with Crippen molar-refractivity contribution in [2.75, 3.05) is 6.61 Å². The molecule has 1 fully saturated rings. The van der Waals surface area contributed by atoms with Crippen LogP contribution >= 0.6 is 0 Å². The number of aliphatic hydroxyl groups excluding tert-OH is 1. The summed E-state index contributed by atoms with van der Waals surface area (Å²) in [6.07, 6.45) is 1.49. The Labute approximate surface area is 159 Å². The van der Waals surface area contributed by atoms with E-state index in [2.05, 4.69) is 57.9 Å². The van der Waals surface area contributed by atoms with Crippen LogP contribution in [0.4, 0.5) is 0 Å². The fraction of sp³-hybridized carbons (Fsp3) is 0.619. The van der Waals surface area contributed by atoms with Gasteiger partial charge < -0.3 is 19.6 Å². The predicted molar refractivity (Wildman–Crippen MR) is 110 cm³/mol. The molecule has 0 radical (unpaired) electrons. The first-order chi connectivity index (χ1) is 12.2. The van der Waals surface area contributed by atoms with Gasteiger partial charge in [-0.15, -0.1) is 6.58 Å². The summed E-state index contributed by atoms with van der Waals surface area (Å²) in [5.41, 5.74) is 1.19. The fourth-order valence-corrected chi connectivity index (χ4v) is 3.95. The van der Waals surface area contributed by atoms with Crippen LogP contribution in [0.2, 0.25) is 18.1 Å². The molecule has 1 saturated heterocycles. The van der Waals surface area contributed by atoms with E-state index >= 15 is 0 Å². The molecule has 1 heterocycles. The van der Waals surface area contributed by atoms with Crippen molar-refractivity contribution in [1.29, 1.82) is 0 Å². The zero-order valence-electron chi connectivity index (χ0n) is 16.9. The number of hydrogen-bond acceptors (Lipinski definition) is 4. The van der Waals surface area contributed by atoms with E-state index in [9.17, 15) is 5.11 Å². The molecular weight excluding hydrogens is 342 g/mol. The van der Waals surface area contributed by atoms with Gasteiger partial charge in [0.25, 0.3) is 0 Å². The summed E-state index contributed by atoms with van der Waals surface area (Å²) in [7, 11) is -1.86. The Hall–Kier alpha value is -0.983. The van der Waals surface area contributed by atoms with Gasteiger partial charge in [0, 0.05) is 6.54 Å². The third-order valence-corrected chi connectivity index (χ3v) is 10.2. The number of nitrogens with one attached hydrogen (secondary N) is 1. The first kappa shape index (κ1) is 21.3. The summed E-state index contributed by atoms with van der Waals surface area (Å²) >= 11 is 0. The molecule has 1 aromatic rings. The van der Waals surface area contributed by atoms with E-state index in [1.54, 1.807) is 6.08 Å². The monoisotopic (exact) mass is 377 g/mol. The molecule has 0 spiro atoms. The Morgan fingerprint density at radius 3 is 2.46 bits per heavy atom. The lowest BCUT2D eigenvalue weighted by molar-refractivity contribution is -0.00632. The molecule has 2 N–H and O–H groups in total. The van der Waals surface area contributed by atoms with Crippen molar-refractivity contribution >= 4 is 8.32 Å². The number of rotatable bonds is 8. The molecule has 0 unspecified atom stereocenters. The maximum absolute atomic E-state index is 10.7. The maximum atomic E-state index is 10.7. The standard InChI is InChI=1S/C21H35NO3Si/c1-7-11-17-20(23)19(22-14-16-12-9-8-10-13-16)18(25-17)15-24-26(5,6)21(2,3)4/h7-10,12-13,17-20,22-23H,1,11,14-15H2,2-6H3/t17-,18+,19+,20-/m0/s1. The molecule has 4 atom stereocenters. The minimum Gasteiger partial charge on any atom is -0.414 e. The van der Waals surface area contributed by atoms with Crippen molar-refractivity contribution in [3.8, 4) is 0 Å². The van der Waals surface area contributed by atoms with E-state index < -0.39 is 14.4 Å². The van der Waals surface area contributed by atoms with E-state index in [1.165, 1.54) is 5.56 Å². The molecule has 0 bridgehead atoms. The highest BCUT2D eigenvalue weighted by Gasteiger charge is 2.45. The molecule has 0 aliphatic carbocycles. The smallest absolute Gasteiger partial charge is 0.192 e. The van der Waals surface area contributed by atoms with Crippen molar-refractivity contribution < 1.29 is 14.3 Å². The Morgan fingerprint density at radius 1 is 1.23 bits per heavy atom. The summed E-state index contributed by atoms with van der Waals surface area (Å²) < 4.78 is 12.5. The van der Waals surface area contributed by atoms with Gasteiger partial charge in [-0.1, -0.05) is 57.2 Å². The van der Waals surface area contributed by atoms with Crippen molar-refractivity contribution in [3.63, 3.8) is 0 Å². The van der Waals surface area contributed by atoms with Crippen LogP contribution in [0.5, 0.6) is 0 Å². The van der Waals surface area contributed by atoms with Gasteiger partial charge in [0.2, 0.25) is 0 Å². The molecular formula is C21H35NO3Si. The average molecular weight is 378 g/mol. The van der Waals surface area contributed by atoms with Gasteiger partial charge >= 0.3 is 0 Å². The Kier molecular flexibility index (Phi) is 7.22. The fourth-order valence-electron chi connectivity index (χ4n) is 2.93. The Balaban J connectivity index is 2.04. The van der Waals surface area contributed by atoms with Crippen LogP contribution < -0.4 is 5.32 Å². The number of aliphatic hydroxyl groups is 1. The lowest BCUT2D eigenvalue weighted by Crippen LogP contribution is -2.49. The average Bonchev–Trinajstić information content (AvgIpc) is 2.87. The zero-order chi connectivity index (χ0) is 19.4. The summed E-state index contributed by atoms with van der Waals surface area (Å²) in [6, 6.07) is 10.1. The molecule has 0 saturated carbocycles.